The molecule has 8 nitrogen and oxygen atoms in total. The lowest BCUT2D eigenvalue weighted by atomic mass is 10.4. The third-order valence-electron chi connectivity index (χ3n) is 1.49. The number of carbonyl (C=O) groups excluding carboxylic acids is 1. The number of methoxy groups -OCH3 is 1. The topological polar surface area (TPSA) is 100 Å². The van der Waals surface area contributed by atoms with E-state index in [1.54, 1.807) is 0 Å². The van der Waals surface area contributed by atoms with E-state index in [0.717, 1.165) is 0 Å². The molecule has 0 saturated carbocycles. The van der Waals surface area contributed by atoms with E-state index in [4.69, 9.17) is 0 Å². The summed E-state index contributed by atoms with van der Waals surface area (Å²) in [7, 11) is 1.25. The molecule has 0 fully saturated rings. The van der Waals surface area contributed by atoms with Crippen LogP contribution in [0, 0.1) is 10.1 Å². The second-order valence-electron chi connectivity index (χ2n) is 2.51. The molecule has 1 rings (SSSR count). The standard InChI is InChI=1S/C6H7BrN4O4/c1-15-5(12)4(7)2-10-3-8-6(9-10)11(13)14/h3-4H,2H2,1H3. The van der Waals surface area contributed by atoms with Gasteiger partial charge in [-0.05, 0) is 4.92 Å². The monoisotopic (exact) mass is 278 g/mol. The lowest BCUT2D eigenvalue weighted by molar-refractivity contribution is -0.394. The van der Waals surface area contributed by atoms with Crippen LogP contribution in [-0.2, 0) is 16.1 Å². The highest BCUT2D eigenvalue weighted by Gasteiger charge is 2.20. The lowest BCUT2D eigenvalue weighted by Crippen LogP contribution is -2.21. The number of carbonyl (C=O) groups is 1. The van der Waals surface area contributed by atoms with Crippen LogP contribution in [0.2, 0.25) is 0 Å². The molecular weight excluding hydrogens is 272 g/mol. The Balaban J connectivity index is 2.65. The molecule has 1 heterocycles. The van der Waals surface area contributed by atoms with Crippen molar-refractivity contribution in [2.75, 3.05) is 7.11 Å². The Labute approximate surface area is 92.5 Å². The molecule has 0 aromatic carbocycles. The van der Waals surface area contributed by atoms with Gasteiger partial charge in [0.1, 0.15) is 4.83 Å². The van der Waals surface area contributed by atoms with E-state index in [1.165, 1.54) is 18.1 Å². The molecule has 15 heavy (non-hydrogen) atoms. The van der Waals surface area contributed by atoms with Gasteiger partial charge in [0.25, 0.3) is 0 Å². The van der Waals surface area contributed by atoms with E-state index < -0.39 is 21.7 Å². The molecule has 0 spiro atoms. The number of nitrogens with zero attached hydrogens (tertiary/aromatic N) is 4. The Hall–Kier alpha value is -1.51. The highest BCUT2D eigenvalue weighted by molar-refractivity contribution is 9.10. The van der Waals surface area contributed by atoms with Crippen molar-refractivity contribution in [3.63, 3.8) is 0 Å². The number of esters is 1. The smallest absolute Gasteiger partial charge is 0.468 e. The minimum atomic E-state index is -0.710. The number of alkyl halides is 1. The van der Waals surface area contributed by atoms with Crippen molar-refractivity contribution >= 4 is 27.8 Å². The number of hydrogen-bond acceptors (Lipinski definition) is 6. The zero-order valence-electron chi connectivity index (χ0n) is 7.66. The Kier molecular flexibility index (Phi) is 3.72. The van der Waals surface area contributed by atoms with Crippen molar-refractivity contribution in [3.05, 3.63) is 16.4 Å². The highest BCUT2D eigenvalue weighted by atomic mass is 79.9. The van der Waals surface area contributed by atoms with E-state index in [-0.39, 0.29) is 6.54 Å². The molecular formula is C6H7BrN4O4. The fraction of sp³-hybridized carbons (Fsp3) is 0.500. The van der Waals surface area contributed by atoms with Crippen LogP contribution in [-0.4, -0.2) is 37.6 Å². The Morgan fingerprint density at radius 3 is 3.00 bits per heavy atom. The molecule has 1 aromatic heterocycles. The van der Waals surface area contributed by atoms with Gasteiger partial charge in [-0.3, -0.25) is 4.79 Å². The normalized spacial score (nSPS) is 12.1. The summed E-state index contributed by atoms with van der Waals surface area (Å²) in [5.74, 6) is -0.979. The van der Waals surface area contributed by atoms with Crippen molar-refractivity contribution in [3.8, 4) is 0 Å². The summed E-state index contributed by atoms with van der Waals surface area (Å²) in [5.41, 5.74) is 0. The lowest BCUT2D eigenvalue weighted by Gasteiger charge is -2.03. The Morgan fingerprint density at radius 1 is 1.87 bits per heavy atom. The second-order valence-corrected chi connectivity index (χ2v) is 3.62. The molecule has 9 heteroatoms. The molecule has 0 amide bonds. The van der Waals surface area contributed by atoms with E-state index in [1.807, 2.05) is 0 Å². The summed E-state index contributed by atoms with van der Waals surface area (Å²) in [6.45, 7) is 0.119. The first-order valence-electron chi connectivity index (χ1n) is 3.80. The highest BCUT2D eigenvalue weighted by Crippen LogP contribution is 2.07. The molecule has 0 aliphatic rings. The molecule has 0 N–H and O–H groups in total. The van der Waals surface area contributed by atoms with Gasteiger partial charge in [-0.25, -0.2) is 0 Å². The van der Waals surface area contributed by atoms with Gasteiger partial charge < -0.3 is 14.9 Å². The average molecular weight is 279 g/mol. The number of halogens is 1. The van der Waals surface area contributed by atoms with E-state index >= 15 is 0 Å². The van der Waals surface area contributed by atoms with Crippen LogP contribution >= 0.6 is 15.9 Å². The quantitative estimate of drug-likeness (QED) is 0.336. The summed E-state index contributed by atoms with van der Waals surface area (Å²) in [6, 6.07) is 0. The van der Waals surface area contributed by atoms with Gasteiger partial charge in [0.15, 0.2) is 0 Å². The van der Waals surface area contributed by atoms with Crippen molar-refractivity contribution in [2.45, 2.75) is 11.4 Å². The van der Waals surface area contributed by atoms with E-state index in [0.29, 0.717) is 0 Å². The number of nitro groups is 1. The fourth-order valence-electron chi connectivity index (χ4n) is 0.823. The number of ether oxygens (including phenoxy) is 1. The van der Waals surface area contributed by atoms with Gasteiger partial charge in [0.2, 0.25) is 6.33 Å². The first kappa shape index (κ1) is 11.6. The minimum Gasteiger partial charge on any atom is -0.468 e. The Morgan fingerprint density at radius 2 is 2.53 bits per heavy atom. The predicted molar refractivity (Wildman–Crippen MR) is 51.4 cm³/mol. The maximum atomic E-state index is 11.0. The predicted octanol–water partition coefficient (Wildman–Crippen LogP) is 0.123. The molecule has 1 unspecified atom stereocenters. The van der Waals surface area contributed by atoms with Crippen LogP contribution in [0.5, 0.6) is 0 Å². The second kappa shape index (κ2) is 4.82. The van der Waals surface area contributed by atoms with Crippen LogP contribution in [0.15, 0.2) is 6.33 Å². The van der Waals surface area contributed by atoms with Gasteiger partial charge >= 0.3 is 11.9 Å². The third-order valence-corrected chi connectivity index (χ3v) is 2.16. The molecule has 1 atom stereocenters. The molecule has 0 aliphatic carbocycles. The first-order chi connectivity index (χ1) is 7.04. The zero-order valence-corrected chi connectivity index (χ0v) is 9.25. The van der Waals surface area contributed by atoms with Crippen LogP contribution in [0.1, 0.15) is 0 Å². The summed E-state index contributed by atoms with van der Waals surface area (Å²) < 4.78 is 5.65. The van der Waals surface area contributed by atoms with Crippen LogP contribution in [0.25, 0.3) is 0 Å². The van der Waals surface area contributed by atoms with Crippen molar-refractivity contribution < 1.29 is 14.5 Å². The van der Waals surface area contributed by atoms with Gasteiger partial charge in [0, 0.05) is 5.10 Å². The molecule has 0 saturated heterocycles. The van der Waals surface area contributed by atoms with Crippen LogP contribution < -0.4 is 0 Å². The summed E-state index contributed by atoms with van der Waals surface area (Å²) >= 11 is 3.05. The van der Waals surface area contributed by atoms with Crippen molar-refractivity contribution in [1.29, 1.82) is 0 Å². The molecule has 1 aromatic rings. The molecule has 0 radical (unpaired) electrons. The zero-order chi connectivity index (χ0) is 11.4. The van der Waals surface area contributed by atoms with Gasteiger partial charge in [-0.15, -0.1) is 0 Å². The van der Waals surface area contributed by atoms with Crippen molar-refractivity contribution in [2.24, 2.45) is 0 Å². The molecule has 0 aliphatic heterocycles. The largest absolute Gasteiger partial charge is 0.490 e. The average Bonchev–Trinajstić information content (AvgIpc) is 2.65. The van der Waals surface area contributed by atoms with E-state index in [2.05, 4.69) is 30.7 Å². The molecule has 82 valence electrons. The molecule has 0 bridgehead atoms. The minimum absolute atomic E-state index is 0.119. The van der Waals surface area contributed by atoms with Crippen molar-refractivity contribution in [1.82, 2.24) is 14.8 Å². The van der Waals surface area contributed by atoms with Crippen LogP contribution in [0.3, 0.4) is 0 Å². The third kappa shape index (κ3) is 2.98. The Bertz CT molecular complexity index is 379. The van der Waals surface area contributed by atoms with E-state index in [9.17, 15) is 14.9 Å². The van der Waals surface area contributed by atoms with Gasteiger partial charge in [-0.2, -0.15) is 4.68 Å². The van der Waals surface area contributed by atoms with Gasteiger partial charge in [-0.1, -0.05) is 20.9 Å². The number of rotatable bonds is 4. The van der Waals surface area contributed by atoms with Crippen LogP contribution in [0.4, 0.5) is 5.95 Å². The number of aromatic nitrogens is 3. The summed E-state index contributed by atoms with van der Waals surface area (Å²) in [4.78, 5) is 23.4. The fourth-order valence-corrected chi connectivity index (χ4v) is 1.31. The van der Waals surface area contributed by atoms with Gasteiger partial charge in [0.05, 0.1) is 13.7 Å². The maximum Gasteiger partial charge on any atom is 0.490 e. The SMILES string of the molecule is COC(=O)C(Br)Cn1cnc([N+](=O)[O-])n1. The summed E-state index contributed by atoms with van der Waals surface area (Å²) in [5, 5.41) is 13.8. The first-order valence-corrected chi connectivity index (χ1v) is 4.72. The summed E-state index contributed by atoms with van der Waals surface area (Å²) in [6.07, 6.45) is 1.18. The maximum absolute atomic E-state index is 11.0. The number of hydrogen-bond donors (Lipinski definition) is 0.